The molecule has 1 heterocycles. The van der Waals surface area contributed by atoms with E-state index in [0.29, 0.717) is 10.7 Å². The molecular weight excluding hydrogens is 312 g/mol. The summed E-state index contributed by atoms with van der Waals surface area (Å²) < 4.78 is 26.7. The smallest absolute Gasteiger partial charge is 0.272 e. The van der Waals surface area contributed by atoms with Crippen LogP contribution in [0.4, 0.5) is 5.69 Å². The SMILES string of the molecule is O=C1CN(c2cccc(-c3cccc(Cl)c3)c2)S(=O)(=O)N1. The minimum Gasteiger partial charge on any atom is -0.272 e. The van der Waals surface area contributed by atoms with Crippen LogP contribution in [0.5, 0.6) is 0 Å². The zero-order valence-corrected chi connectivity index (χ0v) is 12.4. The standard InChI is InChI=1S/C14H11ClN2O3S/c15-12-5-1-3-10(7-12)11-4-2-6-13(8-11)17-9-14(18)16-21(17,19)20/h1-8H,9H2,(H,16,18). The molecule has 0 atom stereocenters. The van der Waals surface area contributed by atoms with E-state index in [4.69, 9.17) is 11.6 Å². The first-order valence-electron chi connectivity index (χ1n) is 6.15. The van der Waals surface area contributed by atoms with Gasteiger partial charge in [-0.15, -0.1) is 0 Å². The molecule has 1 fully saturated rings. The van der Waals surface area contributed by atoms with Gasteiger partial charge in [0.05, 0.1) is 5.69 Å². The van der Waals surface area contributed by atoms with Crippen LogP contribution in [0.2, 0.25) is 5.02 Å². The first-order valence-corrected chi connectivity index (χ1v) is 7.97. The number of amides is 1. The van der Waals surface area contributed by atoms with Gasteiger partial charge in [-0.05, 0) is 35.4 Å². The van der Waals surface area contributed by atoms with Gasteiger partial charge < -0.3 is 0 Å². The minimum absolute atomic E-state index is 0.207. The summed E-state index contributed by atoms with van der Waals surface area (Å²) in [6.07, 6.45) is 0. The van der Waals surface area contributed by atoms with Crippen LogP contribution >= 0.6 is 11.6 Å². The van der Waals surface area contributed by atoms with Crippen LogP contribution < -0.4 is 9.03 Å². The van der Waals surface area contributed by atoms with Gasteiger partial charge in [0, 0.05) is 5.02 Å². The number of hydrogen-bond donors (Lipinski definition) is 1. The maximum atomic E-state index is 11.8. The average Bonchev–Trinajstić information content (AvgIpc) is 2.72. The van der Waals surface area contributed by atoms with Gasteiger partial charge in [0.1, 0.15) is 6.54 Å². The Hall–Kier alpha value is -2.05. The molecule has 0 bridgehead atoms. The van der Waals surface area contributed by atoms with Gasteiger partial charge in [0.25, 0.3) is 5.91 Å². The quantitative estimate of drug-likeness (QED) is 0.921. The van der Waals surface area contributed by atoms with Crippen molar-refractivity contribution in [2.75, 3.05) is 10.8 Å². The summed E-state index contributed by atoms with van der Waals surface area (Å²) in [6.45, 7) is -0.207. The maximum Gasteiger partial charge on any atom is 0.326 e. The molecule has 7 heteroatoms. The minimum atomic E-state index is -3.79. The van der Waals surface area contributed by atoms with E-state index in [2.05, 4.69) is 0 Å². The molecule has 1 aliphatic rings. The summed E-state index contributed by atoms with van der Waals surface area (Å²) in [4.78, 5) is 11.3. The number of benzene rings is 2. The fraction of sp³-hybridized carbons (Fsp3) is 0.0714. The number of anilines is 1. The lowest BCUT2D eigenvalue weighted by atomic mass is 10.1. The predicted octanol–water partition coefficient (Wildman–Crippen LogP) is 2.19. The molecule has 0 radical (unpaired) electrons. The van der Waals surface area contributed by atoms with Crippen molar-refractivity contribution in [2.24, 2.45) is 0 Å². The molecule has 1 saturated heterocycles. The number of carbonyl (C=O) groups excluding carboxylic acids is 1. The third-order valence-electron chi connectivity index (χ3n) is 3.11. The van der Waals surface area contributed by atoms with E-state index in [0.717, 1.165) is 15.4 Å². The first-order chi connectivity index (χ1) is 9.95. The van der Waals surface area contributed by atoms with E-state index in [-0.39, 0.29) is 6.54 Å². The van der Waals surface area contributed by atoms with Crippen molar-refractivity contribution in [3.8, 4) is 11.1 Å². The maximum absolute atomic E-state index is 11.8. The third kappa shape index (κ3) is 2.72. The molecule has 2 aromatic carbocycles. The van der Waals surface area contributed by atoms with Gasteiger partial charge in [-0.1, -0.05) is 35.9 Å². The molecule has 0 unspecified atom stereocenters. The van der Waals surface area contributed by atoms with Crippen molar-refractivity contribution in [3.63, 3.8) is 0 Å². The molecule has 1 N–H and O–H groups in total. The van der Waals surface area contributed by atoms with Gasteiger partial charge in [0.2, 0.25) is 0 Å². The van der Waals surface area contributed by atoms with Crippen molar-refractivity contribution in [3.05, 3.63) is 53.6 Å². The second-order valence-corrected chi connectivity index (χ2v) is 6.63. The monoisotopic (exact) mass is 322 g/mol. The van der Waals surface area contributed by atoms with Gasteiger partial charge in [0.15, 0.2) is 0 Å². The number of halogens is 1. The Bertz CT molecular complexity index is 820. The van der Waals surface area contributed by atoms with Crippen molar-refractivity contribution >= 4 is 33.4 Å². The van der Waals surface area contributed by atoms with Crippen LogP contribution in [0.3, 0.4) is 0 Å². The van der Waals surface area contributed by atoms with Crippen molar-refractivity contribution in [1.29, 1.82) is 0 Å². The summed E-state index contributed by atoms with van der Waals surface area (Å²) in [7, 11) is -3.79. The topological polar surface area (TPSA) is 66.5 Å². The number of carbonyl (C=O) groups is 1. The molecule has 5 nitrogen and oxygen atoms in total. The number of nitrogens with zero attached hydrogens (tertiary/aromatic N) is 1. The summed E-state index contributed by atoms with van der Waals surface area (Å²) in [5, 5.41) is 0.601. The van der Waals surface area contributed by atoms with Gasteiger partial charge in [-0.3, -0.25) is 4.79 Å². The summed E-state index contributed by atoms with van der Waals surface area (Å²) >= 11 is 5.97. The van der Waals surface area contributed by atoms with Crippen LogP contribution in [-0.4, -0.2) is 20.9 Å². The Morgan fingerprint density at radius 1 is 1.05 bits per heavy atom. The zero-order chi connectivity index (χ0) is 15.0. The largest absolute Gasteiger partial charge is 0.326 e. The van der Waals surface area contributed by atoms with Crippen molar-refractivity contribution in [1.82, 2.24) is 4.72 Å². The fourth-order valence-corrected chi connectivity index (χ4v) is 3.52. The van der Waals surface area contributed by atoms with Crippen LogP contribution in [0, 0.1) is 0 Å². The Morgan fingerprint density at radius 2 is 1.71 bits per heavy atom. The van der Waals surface area contributed by atoms with Crippen molar-refractivity contribution < 1.29 is 13.2 Å². The van der Waals surface area contributed by atoms with E-state index in [9.17, 15) is 13.2 Å². The lowest BCUT2D eigenvalue weighted by Gasteiger charge is -2.15. The summed E-state index contributed by atoms with van der Waals surface area (Å²) in [5.74, 6) is -0.539. The van der Waals surface area contributed by atoms with Gasteiger partial charge >= 0.3 is 10.2 Å². The molecule has 1 amide bonds. The van der Waals surface area contributed by atoms with E-state index in [1.165, 1.54) is 0 Å². The number of hydrogen-bond acceptors (Lipinski definition) is 3. The third-order valence-corrected chi connectivity index (χ3v) is 4.75. The normalized spacial score (nSPS) is 16.8. The van der Waals surface area contributed by atoms with E-state index >= 15 is 0 Å². The Balaban J connectivity index is 2.03. The Kier molecular flexibility index (Phi) is 3.35. The fourth-order valence-electron chi connectivity index (χ4n) is 2.19. The summed E-state index contributed by atoms with van der Waals surface area (Å²) in [6, 6.07) is 14.2. The number of nitrogens with one attached hydrogen (secondary N) is 1. The molecule has 0 aliphatic carbocycles. The lowest BCUT2D eigenvalue weighted by Crippen LogP contribution is -2.29. The lowest BCUT2D eigenvalue weighted by molar-refractivity contribution is -0.117. The summed E-state index contributed by atoms with van der Waals surface area (Å²) in [5.41, 5.74) is 2.13. The highest BCUT2D eigenvalue weighted by molar-refractivity contribution is 7.92. The second-order valence-electron chi connectivity index (χ2n) is 4.60. The first kappa shape index (κ1) is 13.9. The molecule has 21 heavy (non-hydrogen) atoms. The van der Waals surface area contributed by atoms with Crippen LogP contribution in [0.15, 0.2) is 48.5 Å². The highest BCUT2D eigenvalue weighted by atomic mass is 35.5. The molecule has 0 spiro atoms. The average molecular weight is 323 g/mol. The highest BCUT2D eigenvalue weighted by Gasteiger charge is 2.33. The van der Waals surface area contributed by atoms with E-state index < -0.39 is 16.1 Å². The zero-order valence-electron chi connectivity index (χ0n) is 10.8. The van der Waals surface area contributed by atoms with Crippen LogP contribution in [0.25, 0.3) is 11.1 Å². The van der Waals surface area contributed by atoms with Gasteiger partial charge in [-0.25, -0.2) is 9.03 Å². The molecule has 0 saturated carbocycles. The van der Waals surface area contributed by atoms with Crippen LogP contribution in [-0.2, 0) is 15.0 Å². The second kappa shape index (κ2) is 5.05. The predicted molar refractivity (Wildman–Crippen MR) is 81.3 cm³/mol. The molecule has 108 valence electrons. The van der Waals surface area contributed by atoms with E-state index in [1.54, 1.807) is 30.3 Å². The Labute approximate surface area is 127 Å². The van der Waals surface area contributed by atoms with Gasteiger partial charge in [-0.2, -0.15) is 8.42 Å². The molecular formula is C14H11ClN2O3S. The molecule has 3 rings (SSSR count). The number of rotatable bonds is 2. The van der Waals surface area contributed by atoms with Crippen LogP contribution in [0.1, 0.15) is 0 Å². The Morgan fingerprint density at radius 3 is 2.33 bits per heavy atom. The molecule has 1 aliphatic heterocycles. The van der Waals surface area contributed by atoms with Crippen molar-refractivity contribution in [2.45, 2.75) is 0 Å². The van der Waals surface area contributed by atoms with E-state index in [1.807, 2.05) is 22.9 Å². The molecule has 2 aromatic rings. The highest BCUT2D eigenvalue weighted by Crippen LogP contribution is 2.28. The molecule has 0 aromatic heterocycles.